The first kappa shape index (κ1) is 16.6. The highest BCUT2D eigenvalue weighted by atomic mass is 16.5. The molecule has 2 N–H and O–H groups in total. The number of ether oxygens (including phenoxy) is 2. The minimum absolute atomic E-state index is 0.503. The van der Waals surface area contributed by atoms with Gasteiger partial charge in [-0.1, -0.05) is 26.0 Å². The molecule has 3 nitrogen and oxygen atoms in total. The van der Waals surface area contributed by atoms with E-state index in [-0.39, 0.29) is 0 Å². The summed E-state index contributed by atoms with van der Waals surface area (Å²) in [7, 11) is 0. The number of benzene rings is 1. The van der Waals surface area contributed by atoms with Crippen molar-refractivity contribution in [2.45, 2.75) is 39.7 Å². The summed E-state index contributed by atoms with van der Waals surface area (Å²) >= 11 is 0. The summed E-state index contributed by atoms with van der Waals surface area (Å²) < 4.78 is 11.2. The molecule has 0 bridgehead atoms. The Morgan fingerprint density at radius 3 is 2.70 bits per heavy atom. The second-order valence-electron chi connectivity index (χ2n) is 4.80. The monoisotopic (exact) mass is 278 g/mol. The first-order valence-electron chi connectivity index (χ1n) is 7.62. The molecule has 20 heavy (non-hydrogen) atoms. The Morgan fingerprint density at radius 2 is 2.00 bits per heavy atom. The maximum atomic E-state index is 5.65. The van der Waals surface area contributed by atoms with Gasteiger partial charge in [0.2, 0.25) is 0 Å². The first-order valence-corrected chi connectivity index (χ1v) is 7.62. The van der Waals surface area contributed by atoms with Gasteiger partial charge in [-0.05, 0) is 38.0 Å². The fraction of sp³-hybridized carbons (Fsp3) is 0.529. The van der Waals surface area contributed by atoms with Gasteiger partial charge in [0.25, 0.3) is 0 Å². The average molecular weight is 278 g/mol. The van der Waals surface area contributed by atoms with Gasteiger partial charge in [0, 0.05) is 5.56 Å². The van der Waals surface area contributed by atoms with E-state index >= 15 is 0 Å². The summed E-state index contributed by atoms with van der Waals surface area (Å²) in [5, 5.41) is 2.35. The van der Waals surface area contributed by atoms with Crippen molar-refractivity contribution in [1.29, 1.82) is 0 Å². The van der Waals surface area contributed by atoms with Gasteiger partial charge >= 0.3 is 0 Å². The van der Waals surface area contributed by atoms with Crippen LogP contribution in [0.15, 0.2) is 30.9 Å². The predicted molar refractivity (Wildman–Crippen MR) is 83.3 cm³/mol. The maximum absolute atomic E-state index is 5.65. The largest absolute Gasteiger partial charge is 0.490 e. The lowest BCUT2D eigenvalue weighted by molar-refractivity contribution is -0.671. The smallest absolute Gasteiger partial charge is 0.161 e. The molecular weight excluding hydrogens is 250 g/mol. The molecule has 1 aromatic carbocycles. The summed E-state index contributed by atoms with van der Waals surface area (Å²) in [6.45, 7) is 11.2. The molecule has 0 unspecified atom stereocenters. The molecule has 0 saturated heterocycles. The molecule has 0 aliphatic heterocycles. The van der Waals surface area contributed by atoms with Crippen LogP contribution in [0.25, 0.3) is 0 Å². The van der Waals surface area contributed by atoms with E-state index < -0.39 is 0 Å². The summed E-state index contributed by atoms with van der Waals surface area (Å²) in [6, 6.07) is 6.18. The van der Waals surface area contributed by atoms with Gasteiger partial charge in [-0.25, -0.2) is 0 Å². The quantitative estimate of drug-likeness (QED) is 0.499. The van der Waals surface area contributed by atoms with Crippen LogP contribution in [0, 0.1) is 0 Å². The van der Waals surface area contributed by atoms with Crippen LogP contribution in [0.5, 0.6) is 11.5 Å². The van der Waals surface area contributed by atoms with Gasteiger partial charge in [-0.15, -0.1) is 0 Å². The topological polar surface area (TPSA) is 35.1 Å². The fourth-order valence-corrected chi connectivity index (χ4v) is 2.02. The predicted octanol–water partition coefficient (Wildman–Crippen LogP) is 2.90. The molecule has 0 aromatic heterocycles. The zero-order valence-corrected chi connectivity index (χ0v) is 12.9. The molecule has 1 aromatic rings. The molecule has 0 fully saturated rings. The Hall–Kier alpha value is -1.48. The van der Waals surface area contributed by atoms with E-state index in [1.165, 1.54) is 31.4 Å². The van der Waals surface area contributed by atoms with Gasteiger partial charge in [-0.3, -0.25) is 0 Å². The minimum Gasteiger partial charge on any atom is -0.490 e. The van der Waals surface area contributed by atoms with E-state index in [1.807, 2.05) is 13.0 Å². The number of rotatable bonds is 11. The van der Waals surface area contributed by atoms with E-state index in [0.717, 1.165) is 18.0 Å². The van der Waals surface area contributed by atoms with E-state index in [9.17, 15) is 0 Å². The normalized spacial score (nSPS) is 10.3. The van der Waals surface area contributed by atoms with E-state index in [4.69, 9.17) is 9.47 Å². The highest BCUT2D eigenvalue weighted by Gasteiger charge is 2.07. The number of nitrogens with two attached hydrogens (primary N) is 1. The van der Waals surface area contributed by atoms with Crippen LogP contribution in [-0.2, 0) is 6.54 Å². The van der Waals surface area contributed by atoms with Crippen molar-refractivity contribution < 1.29 is 14.8 Å². The lowest BCUT2D eigenvalue weighted by atomic mass is 10.2. The molecule has 0 aliphatic carbocycles. The number of quaternary nitrogens is 1. The molecule has 0 saturated carbocycles. The zero-order chi connectivity index (χ0) is 14.6. The van der Waals surface area contributed by atoms with Crippen LogP contribution < -0.4 is 14.8 Å². The molecule has 0 heterocycles. The SMILES string of the molecule is C=CCOc1ccc(C[NH2+]CCCCC)cc1OCC. The van der Waals surface area contributed by atoms with E-state index in [0.29, 0.717) is 13.2 Å². The van der Waals surface area contributed by atoms with Crippen LogP contribution in [-0.4, -0.2) is 19.8 Å². The zero-order valence-electron chi connectivity index (χ0n) is 12.9. The number of hydrogen-bond acceptors (Lipinski definition) is 2. The van der Waals surface area contributed by atoms with Crippen LogP contribution >= 0.6 is 0 Å². The van der Waals surface area contributed by atoms with Gasteiger partial charge < -0.3 is 14.8 Å². The fourth-order valence-electron chi connectivity index (χ4n) is 2.02. The molecule has 112 valence electrons. The van der Waals surface area contributed by atoms with Crippen molar-refractivity contribution in [3.63, 3.8) is 0 Å². The third kappa shape index (κ3) is 6.11. The second kappa shape index (κ2) is 10.3. The maximum Gasteiger partial charge on any atom is 0.161 e. The van der Waals surface area contributed by atoms with Gasteiger partial charge in [0.05, 0.1) is 13.2 Å². The van der Waals surface area contributed by atoms with E-state index in [1.54, 1.807) is 6.08 Å². The van der Waals surface area contributed by atoms with Crippen molar-refractivity contribution in [3.05, 3.63) is 36.4 Å². The highest BCUT2D eigenvalue weighted by molar-refractivity contribution is 5.42. The van der Waals surface area contributed by atoms with Crippen molar-refractivity contribution >= 4 is 0 Å². The Bertz CT molecular complexity index is 391. The first-order chi connectivity index (χ1) is 9.81. The number of unbranched alkanes of at least 4 members (excludes halogenated alkanes) is 2. The van der Waals surface area contributed by atoms with E-state index in [2.05, 4.69) is 31.0 Å². The molecule has 0 radical (unpaired) electrons. The number of hydrogen-bond donors (Lipinski definition) is 1. The molecular formula is C17H28NO2+. The third-order valence-electron chi connectivity index (χ3n) is 3.06. The van der Waals surface area contributed by atoms with Crippen LogP contribution in [0.4, 0.5) is 0 Å². The van der Waals surface area contributed by atoms with Crippen molar-refractivity contribution in [1.82, 2.24) is 0 Å². The van der Waals surface area contributed by atoms with Crippen molar-refractivity contribution in [3.8, 4) is 11.5 Å². The third-order valence-corrected chi connectivity index (χ3v) is 3.06. The summed E-state index contributed by atoms with van der Waals surface area (Å²) in [4.78, 5) is 0. The van der Waals surface area contributed by atoms with Crippen LogP contribution in [0.1, 0.15) is 38.7 Å². The lowest BCUT2D eigenvalue weighted by Gasteiger charge is -2.12. The second-order valence-corrected chi connectivity index (χ2v) is 4.80. The van der Waals surface area contributed by atoms with Gasteiger partial charge in [0.1, 0.15) is 13.2 Å². The summed E-state index contributed by atoms with van der Waals surface area (Å²) in [5.74, 6) is 1.62. The van der Waals surface area contributed by atoms with Crippen molar-refractivity contribution in [2.24, 2.45) is 0 Å². The Labute approximate surface area is 123 Å². The van der Waals surface area contributed by atoms with Gasteiger partial charge in [-0.2, -0.15) is 0 Å². The summed E-state index contributed by atoms with van der Waals surface area (Å²) in [5.41, 5.74) is 1.27. The van der Waals surface area contributed by atoms with Gasteiger partial charge in [0.15, 0.2) is 11.5 Å². The highest BCUT2D eigenvalue weighted by Crippen LogP contribution is 2.28. The Kier molecular flexibility index (Phi) is 8.56. The van der Waals surface area contributed by atoms with Crippen molar-refractivity contribution in [2.75, 3.05) is 19.8 Å². The molecule has 3 heteroatoms. The molecule has 0 atom stereocenters. The lowest BCUT2D eigenvalue weighted by Crippen LogP contribution is -2.82. The Balaban J connectivity index is 2.54. The van der Waals surface area contributed by atoms with Crippen LogP contribution in [0.2, 0.25) is 0 Å². The van der Waals surface area contributed by atoms with Crippen LogP contribution in [0.3, 0.4) is 0 Å². The average Bonchev–Trinajstić information content (AvgIpc) is 2.46. The Morgan fingerprint density at radius 1 is 1.15 bits per heavy atom. The minimum atomic E-state index is 0.503. The standard InChI is InChI=1S/C17H27NO2/c1-4-7-8-11-18-14-15-9-10-16(20-12-5-2)17(13-15)19-6-3/h5,9-10,13,18H,2,4,6-8,11-12,14H2,1,3H3/p+1. The molecule has 0 amide bonds. The summed E-state index contributed by atoms with van der Waals surface area (Å²) in [6.07, 6.45) is 5.62. The molecule has 0 spiro atoms. The molecule has 0 aliphatic rings. The molecule has 1 rings (SSSR count).